The van der Waals surface area contributed by atoms with Crippen LogP contribution in [0.2, 0.25) is 5.02 Å². The molecule has 0 saturated heterocycles. The lowest BCUT2D eigenvalue weighted by Gasteiger charge is -2.21. The van der Waals surface area contributed by atoms with E-state index in [0.29, 0.717) is 10.6 Å². The Kier molecular flexibility index (Phi) is 5.64. The number of hydrogen-bond donors (Lipinski definition) is 3. The zero-order valence-electron chi connectivity index (χ0n) is 10.5. The number of carbonyl (C=O) groups is 1. The monoisotopic (exact) mass is 310 g/mol. The summed E-state index contributed by atoms with van der Waals surface area (Å²) in [5.74, 6) is 0. The molecular formula is C12H14ClF3N2O2. The summed E-state index contributed by atoms with van der Waals surface area (Å²) in [6, 6.07) is 4.51. The molecule has 1 aromatic rings. The third kappa shape index (κ3) is 5.66. The van der Waals surface area contributed by atoms with Gasteiger partial charge in [0.25, 0.3) is 0 Å². The summed E-state index contributed by atoms with van der Waals surface area (Å²) < 4.78 is 35.7. The highest BCUT2D eigenvalue weighted by atomic mass is 35.5. The predicted molar refractivity (Wildman–Crippen MR) is 68.5 cm³/mol. The minimum Gasteiger partial charge on any atom is -0.386 e. The number of benzene rings is 1. The van der Waals surface area contributed by atoms with Gasteiger partial charge < -0.3 is 15.7 Å². The number of alkyl halides is 3. The van der Waals surface area contributed by atoms with Crippen LogP contribution in [0.4, 0.5) is 18.0 Å². The Morgan fingerprint density at radius 3 is 2.40 bits per heavy atom. The number of nitrogens with one attached hydrogen (secondary N) is 2. The van der Waals surface area contributed by atoms with Crippen molar-refractivity contribution in [2.45, 2.75) is 25.2 Å². The van der Waals surface area contributed by atoms with Crippen LogP contribution in [-0.4, -0.2) is 29.9 Å². The minimum atomic E-state index is -4.48. The summed E-state index contributed by atoms with van der Waals surface area (Å²) >= 11 is 5.70. The lowest BCUT2D eigenvalue weighted by molar-refractivity contribution is -0.122. The molecule has 112 valence electrons. The SMILES string of the molecule is CC(NC(=O)NCC(F)(F)F)C(O)c1ccc(Cl)cc1. The molecule has 0 fully saturated rings. The normalized spacial score (nSPS) is 14.5. The van der Waals surface area contributed by atoms with Gasteiger partial charge in [0.1, 0.15) is 6.54 Å². The molecule has 1 rings (SSSR count). The van der Waals surface area contributed by atoms with Gasteiger partial charge in [-0.3, -0.25) is 0 Å². The van der Waals surface area contributed by atoms with Gasteiger partial charge in [0.05, 0.1) is 12.1 Å². The second-order valence-electron chi connectivity index (χ2n) is 4.23. The number of amides is 2. The number of halogens is 4. The Labute approximate surface area is 118 Å². The molecule has 2 amide bonds. The van der Waals surface area contributed by atoms with E-state index in [4.69, 9.17) is 11.6 Å². The van der Waals surface area contributed by atoms with Gasteiger partial charge in [-0.2, -0.15) is 13.2 Å². The second-order valence-corrected chi connectivity index (χ2v) is 4.66. The molecule has 2 atom stereocenters. The molecule has 20 heavy (non-hydrogen) atoms. The van der Waals surface area contributed by atoms with E-state index in [1.54, 1.807) is 29.6 Å². The van der Waals surface area contributed by atoms with Crippen LogP contribution in [0.3, 0.4) is 0 Å². The Morgan fingerprint density at radius 2 is 1.90 bits per heavy atom. The van der Waals surface area contributed by atoms with Crippen LogP contribution in [0, 0.1) is 0 Å². The summed E-state index contributed by atoms with van der Waals surface area (Å²) in [5.41, 5.74) is 0.498. The lowest BCUT2D eigenvalue weighted by Crippen LogP contribution is -2.46. The van der Waals surface area contributed by atoms with Crippen molar-refractivity contribution in [2.75, 3.05) is 6.54 Å². The number of carbonyl (C=O) groups excluding carboxylic acids is 1. The van der Waals surface area contributed by atoms with Crippen molar-refractivity contribution < 1.29 is 23.1 Å². The zero-order chi connectivity index (χ0) is 15.3. The van der Waals surface area contributed by atoms with Crippen LogP contribution in [-0.2, 0) is 0 Å². The van der Waals surface area contributed by atoms with Crippen LogP contribution in [0.25, 0.3) is 0 Å². The van der Waals surface area contributed by atoms with Crippen molar-refractivity contribution >= 4 is 17.6 Å². The van der Waals surface area contributed by atoms with Gasteiger partial charge >= 0.3 is 12.2 Å². The summed E-state index contributed by atoms with van der Waals surface area (Å²) in [6.45, 7) is 0.0506. The molecule has 0 bridgehead atoms. The van der Waals surface area contributed by atoms with E-state index in [1.807, 2.05) is 0 Å². The first-order chi connectivity index (χ1) is 9.19. The molecule has 1 aromatic carbocycles. The highest BCUT2D eigenvalue weighted by molar-refractivity contribution is 6.30. The van der Waals surface area contributed by atoms with Crippen LogP contribution >= 0.6 is 11.6 Å². The summed E-state index contributed by atoms with van der Waals surface area (Å²) in [6.07, 6.45) is -5.53. The van der Waals surface area contributed by atoms with Crippen LogP contribution < -0.4 is 10.6 Å². The summed E-state index contributed by atoms with van der Waals surface area (Å²) in [4.78, 5) is 11.2. The van der Waals surface area contributed by atoms with Crippen molar-refractivity contribution in [3.8, 4) is 0 Å². The molecule has 8 heteroatoms. The van der Waals surface area contributed by atoms with Gasteiger partial charge in [0.15, 0.2) is 0 Å². The smallest absolute Gasteiger partial charge is 0.386 e. The standard InChI is InChI=1S/C12H14ClF3N2O2/c1-7(18-11(20)17-6-12(14,15)16)10(19)8-2-4-9(13)5-3-8/h2-5,7,10,19H,6H2,1H3,(H2,17,18,20). The van der Waals surface area contributed by atoms with Crippen LogP contribution in [0.15, 0.2) is 24.3 Å². The number of aliphatic hydroxyl groups is 1. The van der Waals surface area contributed by atoms with E-state index in [0.717, 1.165) is 0 Å². The molecule has 0 aliphatic heterocycles. The topological polar surface area (TPSA) is 61.4 Å². The minimum absolute atomic E-state index is 0.490. The highest BCUT2D eigenvalue weighted by Crippen LogP contribution is 2.19. The molecule has 2 unspecified atom stereocenters. The van der Waals surface area contributed by atoms with Gasteiger partial charge in [-0.15, -0.1) is 0 Å². The molecule has 0 aromatic heterocycles. The number of hydrogen-bond acceptors (Lipinski definition) is 2. The summed E-state index contributed by atoms with van der Waals surface area (Å²) in [5, 5.41) is 14.3. The molecule has 4 nitrogen and oxygen atoms in total. The third-order valence-electron chi connectivity index (χ3n) is 2.49. The van der Waals surface area contributed by atoms with Crippen LogP contribution in [0.5, 0.6) is 0 Å². The fraction of sp³-hybridized carbons (Fsp3) is 0.417. The average molecular weight is 311 g/mol. The van der Waals surface area contributed by atoms with Crippen molar-refractivity contribution in [1.29, 1.82) is 0 Å². The van der Waals surface area contributed by atoms with Gasteiger partial charge in [-0.05, 0) is 24.6 Å². The largest absolute Gasteiger partial charge is 0.405 e. The zero-order valence-corrected chi connectivity index (χ0v) is 11.3. The van der Waals surface area contributed by atoms with E-state index in [9.17, 15) is 23.1 Å². The van der Waals surface area contributed by atoms with Gasteiger partial charge in [0, 0.05) is 5.02 Å². The van der Waals surface area contributed by atoms with Gasteiger partial charge in [-0.25, -0.2) is 4.79 Å². The number of urea groups is 1. The predicted octanol–water partition coefficient (Wildman–Crippen LogP) is 2.62. The molecule has 0 aliphatic carbocycles. The molecular weight excluding hydrogens is 297 g/mol. The number of rotatable bonds is 4. The Balaban J connectivity index is 2.51. The van der Waals surface area contributed by atoms with E-state index in [1.165, 1.54) is 6.92 Å². The van der Waals surface area contributed by atoms with E-state index >= 15 is 0 Å². The first-order valence-corrected chi connectivity index (χ1v) is 6.11. The van der Waals surface area contributed by atoms with Crippen molar-refractivity contribution in [3.05, 3.63) is 34.9 Å². The van der Waals surface area contributed by atoms with Gasteiger partial charge in [0.2, 0.25) is 0 Å². The van der Waals surface area contributed by atoms with Crippen molar-refractivity contribution in [3.63, 3.8) is 0 Å². The lowest BCUT2D eigenvalue weighted by atomic mass is 10.0. The maximum absolute atomic E-state index is 11.9. The molecule has 0 radical (unpaired) electrons. The maximum Gasteiger partial charge on any atom is 0.405 e. The Morgan fingerprint density at radius 1 is 1.35 bits per heavy atom. The fourth-order valence-electron chi connectivity index (χ4n) is 1.47. The third-order valence-corrected chi connectivity index (χ3v) is 2.75. The second kappa shape index (κ2) is 6.81. The summed E-state index contributed by atoms with van der Waals surface area (Å²) in [7, 11) is 0. The highest BCUT2D eigenvalue weighted by Gasteiger charge is 2.28. The first-order valence-electron chi connectivity index (χ1n) is 5.73. The van der Waals surface area contributed by atoms with E-state index < -0.39 is 30.9 Å². The maximum atomic E-state index is 11.9. The molecule has 0 spiro atoms. The van der Waals surface area contributed by atoms with Crippen molar-refractivity contribution in [2.24, 2.45) is 0 Å². The van der Waals surface area contributed by atoms with Crippen molar-refractivity contribution in [1.82, 2.24) is 10.6 Å². The quantitative estimate of drug-likeness (QED) is 0.800. The fourth-order valence-corrected chi connectivity index (χ4v) is 1.59. The molecule has 0 aliphatic rings. The van der Waals surface area contributed by atoms with E-state index in [-0.39, 0.29) is 0 Å². The molecule has 3 N–H and O–H groups in total. The molecule has 0 heterocycles. The van der Waals surface area contributed by atoms with Crippen LogP contribution in [0.1, 0.15) is 18.6 Å². The first kappa shape index (κ1) is 16.6. The van der Waals surface area contributed by atoms with E-state index in [2.05, 4.69) is 5.32 Å². The molecule has 0 saturated carbocycles. The van der Waals surface area contributed by atoms with Gasteiger partial charge in [-0.1, -0.05) is 23.7 Å². The number of aliphatic hydroxyl groups excluding tert-OH is 1. The Hall–Kier alpha value is -1.47. The average Bonchev–Trinajstić information content (AvgIpc) is 2.35. The Bertz CT molecular complexity index is 451.